The van der Waals surface area contributed by atoms with E-state index in [9.17, 15) is 22.5 Å². The minimum atomic E-state index is -2.45. The van der Waals surface area contributed by atoms with E-state index < -0.39 is 52.2 Å². The summed E-state index contributed by atoms with van der Waals surface area (Å²) in [5, 5.41) is 8.64. The molecule has 0 fully saturated rings. The van der Waals surface area contributed by atoms with E-state index in [1.807, 2.05) is 0 Å². The van der Waals surface area contributed by atoms with Crippen LogP contribution in [0.15, 0.2) is 24.3 Å². The molecule has 0 heterocycles. The molecule has 0 spiro atoms. The standard InChI is InChI=1S/C16H22F3NO3S/c1-15(2,3)24(23)20-16(4,10-7-5-6-8-11(10)17)13(19)9-12(18)14(21)22/h5-8,12-13,20H,9H2,1-4H3,(H,21,22)/t12?,13-,16?,24+/m0/s1. The maximum Gasteiger partial charge on any atom is 0.338 e. The summed E-state index contributed by atoms with van der Waals surface area (Å²) in [5.41, 5.74) is -2.00. The zero-order valence-electron chi connectivity index (χ0n) is 14.0. The van der Waals surface area contributed by atoms with Crippen LogP contribution in [0.4, 0.5) is 13.2 Å². The Bertz CT molecular complexity index is 582. The molecule has 4 atom stereocenters. The zero-order valence-corrected chi connectivity index (χ0v) is 14.8. The molecule has 0 saturated carbocycles. The summed E-state index contributed by atoms with van der Waals surface area (Å²) >= 11 is -1.79. The highest BCUT2D eigenvalue weighted by Crippen LogP contribution is 2.34. The quantitative estimate of drug-likeness (QED) is 0.728. The van der Waals surface area contributed by atoms with Crippen molar-refractivity contribution in [3.63, 3.8) is 0 Å². The van der Waals surface area contributed by atoms with Crippen LogP contribution in [-0.2, 0) is 21.7 Å². The van der Waals surface area contributed by atoms with Crippen LogP contribution in [0.3, 0.4) is 0 Å². The van der Waals surface area contributed by atoms with E-state index in [2.05, 4.69) is 4.72 Å². The van der Waals surface area contributed by atoms with Gasteiger partial charge in [-0.1, -0.05) is 18.2 Å². The monoisotopic (exact) mass is 365 g/mol. The van der Waals surface area contributed by atoms with E-state index in [4.69, 9.17) is 5.11 Å². The van der Waals surface area contributed by atoms with Crippen LogP contribution in [0.5, 0.6) is 0 Å². The molecule has 0 bridgehead atoms. The third-order valence-corrected chi connectivity index (χ3v) is 5.32. The third kappa shape index (κ3) is 4.87. The molecule has 1 rings (SSSR count). The Morgan fingerprint density at radius 2 is 1.83 bits per heavy atom. The van der Waals surface area contributed by atoms with Crippen molar-refractivity contribution in [3.05, 3.63) is 35.6 Å². The Hall–Kier alpha value is -1.25. The molecule has 0 aromatic heterocycles. The fourth-order valence-electron chi connectivity index (χ4n) is 2.03. The van der Waals surface area contributed by atoms with Crippen LogP contribution in [0.2, 0.25) is 0 Å². The molecule has 2 unspecified atom stereocenters. The molecule has 0 aliphatic carbocycles. The lowest BCUT2D eigenvalue weighted by atomic mass is 9.85. The maximum absolute atomic E-state index is 14.8. The Balaban J connectivity index is 3.25. The number of carboxylic acids is 1. The lowest BCUT2D eigenvalue weighted by molar-refractivity contribution is -0.143. The summed E-state index contributed by atoms with van der Waals surface area (Å²) in [6, 6.07) is 5.27. The van der Waals surface area contributed by atoms with E-state index in [-0.39, 0.29) is 5.56 Å². The second-order valence-corrected chi connectivity index (χ2v) is 8.64. The van der Waals surface area contributed by atoms with Gasteiger partial charge in [-0.3, -0.25) is 0 Å². The number of aliphatic carboxylic acids is 1. The number of hydrogen-bond acceptors (Lipinski definition) is 3. The van der Waals surface area contributed by atoms with Crippen molar-refractivity contribution in [1.82, 2.24) is 4.72 Å². The van der Waals surface area contributed by atoms with Gasteiger partial charge in [-0.15, -0.1) is 4.72 Å². The largest absolute Gasteiger partial charge is 0.598 e. The summed E-state index contributed by atoms with van der Waals surface area (Å²) in [5.74, 6) is -2.56. The smallest absolute Gasteiger partial charge is 0.338 e. The molecule has 0 aliphatic rings. The maximum atomic E-state index is 14.8. The molecule has 4 nitrogen and oxygen atoms in total. The summed E-state index contributed by atoms with van der Waals surface area (Å²) in [7, 11) is 0. The first kappa shape index (κ1) is 20.8. The summed E-state index contributed by atoms with van der Waals surface area (Å²) < 4.78 is 56.6. The topological polar surface area (TPSA) is 72.4 Å². The van der Waals surface area contributed by atoms with Crippen molar-refractivity contribution >= 4 is 17.3 Å². The number of benzene rings is 1. The predicted octanol–water partition coefficient (Wildman–Crippen LogP) is 3.24. The van der Waals surface area contributed by atoms with Gasteiger partial charge in [0.1, 0.15) is 22.3 Å². The molecule has 0 aliphatic heterocycles. The fraction of sp³-hybridized carbons (Fsp3) is 0.562. The van der Waals surface area contributed by atoms with Gasteiger partial charge < -0.3 is 9.66 Å². The van der Waals surface area contributed by atoms with Crippen LogP contribution in [0.25, 0.3) is 0 Å². The first-order chi connectivity index (χ1) is 10.9. The van der Waals surface area contributed by atoms with Gasteiger partial charge in [0.05, 0.1) is 0 Å². The lowest BCUT2D eigenvalue weighted by Crippen LogP contribution is -2.55. The average molecular weight is 365 g/mol. The summed E-state index contributed by atoms with van der Waals surface area (Å²) in [6.07, 6.45) is -5.56. The molecule has 0 saturated heterocycles. The van der Waals surface area contributed by atoms with E-state index in [0.717, 1.165) is 6.07 Å². The Morgan fingerprint density at radius 1 is 1.29 bits per heavy atom. The minimum absolute atomic E-state index is 0.146. The average Bonchev–Trinajstić information content (AvgIpc) is 2.46. The number of nitrogens with one attached hydrogen (secondary N) is 1. The van der Waals surface area contributed by atoms with Crippen molar-refractivity contribution in [2.45, 2.75) is 56.7 Å². The van der Waals surface area contributed by atoms with Crippen LogP contribution in [-0.4, -0.2) is 32.7 Å². The molecule has 1 aromatic carbocycles. The number of rotatable bonds is 7. The number of halogens is 3. The van der Waals surface area contributed by atoms with Crippen LogP contribution in [0.1, 0.15) is 39.7 Å². The minimum Gasteiger partial charge on any atom is -0.598 e. The van der Waals surface area contributed by atoms with Gasteiger partial charge in [-0.25, -0.2) is 18.0 Å². The van der Waals surface area contributed by atoms with Crippen molar-refractivity contribution in [3.8, 4) is 0 Å². The predicted molar refractivity (Wildman–Crippen MR) is 86.8 cm³/mol. The van der Waals surface area contributed by atoms with Gasteiger partial charge in [-0.05, 0) is 33.8 Å². The van der Waals surface area contributed by atoms with Gasteiger partial charge in [0.25, 0.3) is 0 Å². The van der Waals surface area contributed by atoms with Crippen LogP contribution >= 0.6 is 0 Å². The first-order valence-corrected chi connectivity index (χ1v) is 8.50. The number of carbonyl (C=O) groups is 1. The van der Waals surface area contributed by atoms with Gasteiger partial charge >= 0.3 is 5.97 Å². The molecule has 8 heteroatoms. The third-order valence-electron chi connectivity index (χ3n) is 3.60. The SMILES string of the molecule is CC(N[S@+]([O-])C(C)(C)C)(c1ccccc1F)[C@@H](F)CC(F)C(=O)O. The molecule has 136 valence electrons. The Kier molecular flexibility index (Phi) is 6.72. The van der Waals surface area contributed by atoms with Crippen molar-refractivity contribution < 1.29 is 27.6 Å². The van der Waals surface area contributed by atoms with E-state index in [0.29, 0.717) is 0 Å². The number of alkyl halides is 2. The van der Waals surface area contributed by atoms with E-state index in [1.54, 1.807) is 20.8 Å². The number of carboxylic acid groups (broad SMARTS) is 1. The highest BCUT2D eigenvalue weighted by Gasteiger charge is 2.46. The van der Waals surface area contributed by atoms with Gasteiger partial charge in [0.15, 0.2) is 6.17 Å². The summed E-state index contributed by atoms with van der Waals surface area (Å²) in [6.45, 7) is 6.16. The Morgan fingerprint density at radius 3 is 2.29 bits per heavy atom. The highest BCUT2D eigenvalue weighted by molar-refractivity contribution is 7.90. The molecule has 0 amide bonds. The van der Waals surface area contributed by atoms with Crippen molar-refractivity contribution in [2.75, 3.05) is 0 Å². The zero-order chi connectivity index (χ0) is 18.7. The normalized spacial score (nSPS) is 18.5. The van der Waals surface area contributed by atoms with Crippen molar-refractivity contribution in [2.24, 2.45) is 0 Å². The first-order valence-electron chi connectivity index (χ1n) is 7.35. The molecular weight excluding hydrogens is 343 g/mol. The molecular formula is C16H22F3NO3S. The van der Waals surface area contributed by atoms with Crippen molar-refractivity contribution in [1.29, 1.82) is 0 Å². The molecule has 2 N–H and O–H groups in total. The van der Waals surface area contributed by atoms with Crippen LogP contribution in [0, 0.1) is 5.82 Å². The molecule has 0 radical (unpaired) electrons. The van der Waals surface area contributed by atoms with E-state index in [1.165, 1.54) is 25.1 Å². The highest BCUT2D eigenvalue weighted by atomic mass is 32.2. The summed E-state index contributed by atoms with van der Waals surface area (Å²) in [4.78, 5) is 10.7. The lowest BCUT2D eigenvalue weighted by Gasteiger charge is -2.37. The van der Waals surface area contributed by atoms with Crippen LogP contribution < -0.4 is 4.72 Å². The second-order valence-electron chi connectivity index (χ2n) is 6.67. The van der Waals surface area contributed by atoms with Gasteiger partial charge in [-0.2, -0.15) is 0 Å². The van der Waals surface area contributed by atoms with Gasteiger partial charge in [0, 0.05) is 23.3 Å². The van der Waals surface area contributed by atoms with Gasteiger partial charge in [0.2, 0.25) is 0 Å². The molecule has 24 heavy (non-hydrogen) atoms. The van der Waals surface area contributed by atoms with E-state index >= 15 is 0 Å². The second kappa shape index (κ2) is 7.76. The fourth-order valence-corrected chi connectivity index (χ4v) is 2.96. The Labute approximate surface area is 142 Å². The number of hydrogen-bond donors (Lipinski definition) is 2. The molecule has 1 aromatic rings.